The maximum Gasteiger partial charge on any atom is 0.267 e. The predicted molar refractivity (Wildman–Crippen MR) is 90.1 cm³/mol. The quantitative estimate of drug-likeness (QED) is 0.722. The number of hydrogen-bond donors (Lipinski definition) is 2. The smallest absolute Gasteiger partial charge is 0.267 e. The Hall–Kier alpha value is -2.34. The number of amides is 1. The highest BCUT2D eigenvalue weighted by Crippen LogP contribution is 2.21. The van der Waals surface area contributed by atoms with Crippen LogP contribution in [-0.4, -0.2) is 18.0 Å². The van der Waals surface area contributed by atoms with Gasteiger partial charge < -0.3 is 15.0 Å². The van der Waals surface area contributed by atoms with Crippen LogP contribution in [0.4, 0.5) is 4.39 Å². The summed E-state index contributed by atoms with van der Waals surface area (Å²) in [7, 11) is 1.41. The molecule has 2 N–H and O–H groups in total. The summed E-state index contributed by atoms with van der Waals surface area (Å²) in [5.74, 6) is -0.510. The molecule has 0 fully saturated rings. The Morgan fingerprint density at radius 2 is 2.09 bits per heavy atom. The van der Waals surface area contributed by atoms with Crippen molar-refractivity contribution in [3.63, 3.8) is 0 Å². The standard InChI is InChI=1S/C17H14BrFN2O2/c1-23-16-5-2-10(6-13(16)19)9-20-17(22)15-8-11-7-12(18)3-4-14(11)21-15/h2-8,21H,9H2,1H3,(H,20,22). The molecule has 3 rings (SSSR count). The van der Waals surface area contributed by atoms with Crippen molar-refractivity contribution in [3.8, 4) is 5.75 Å². The Kier molecular flexibility index (Phi) is 4.34. The molecule has 6 heteroatoms. The molecule has 3 aromatic rings. The fourth-order valence-corrected chi connectivity index (χ4v) is 2.70. The minimum Gasteiger partial charge on any atom is -0.494 e. The second kappa shape index (κ2) is 6.42. The molecule has 0 aliphatic carbocycles. The molecule has 4 nitrogen and oxygen atoms in total. The van der Waals surface area contributed by atoms with Crippen LogP contribution in [0.15, 0.2) is 46.9 Å². The average molecular weight is 377 g/mol. The number of carbonyl (C=O) groups excluding carboxylic acids is 1. The first-order chi connectivity index (χ1) is 11.1. The van der Waals surface area contributed by atoms with Crippen LogP contribution in [0.5, 0.6) is 5.75 Å². The molecule has 0 atom stereocenters. The molecule has 0 unspecified atom stereocenters. The summed E-state index contributed by atoms with van der Waals surface area (Å²) in [5, 5.41) is 3.71. The lowest BCUT2D eigenvalue weighted by Gasteiger charge is -2.06. The van der Waals surface area contributed by atoms with E-state index in [1.54, 1.807) is 12.1 Å². The van der Waals surface area contributed by atoms with Gasteiger partial charge in [0.15, 0.2) is 11.6 Å². The van der Waals surface area contributed by atoms with Crippen LogP contribution in [0.25, 0.3) is 10.9 Å². The second-order valence-corrected chi connectivity index (χ2v) is 5.98. The number of aromatic amines is 1. The number of benzene rings is 2. The van der Waals surface area contributed by atoms with E-state index in [0.29, 0.717) is 11.3 Å². The molecule has 0 bridgehead atoms. The highest BCUT2D eigenvalue weighted by atomic mass is 79.9. The maximum atomic E-state index is 13.6. The van der Waals surface area contributed by atoms with Crippen LogP contribution >= 0.6 is 15.9 Å². The minimum absolute atomic E-state index is 0.182. The van der Waals surface area contributed by atoms with Gasteiger partial charge in [0, 0.05) is 21.9 Å². The lowest BCUT2D eigenvalue weighted by molar-refractivity contribution is 0.0946. The van der Waals surface area contributed by atoms with Gasteiger partial charge in [-0.1, -0.05) is 22.0 Å². The predicted octanol–water partition coefficient (Wildman–Crippen LogP) is 4.01. The Balaban J connectivity index is 1.72. The number of methoxy groups -OCH3 is 1. The molecular formula is C17H14BrFN2O2. The first-order valence-corrected chi connectivity index (χ1v) is 7.75. The van der Waals surface area contributed by atoms with Crippen molar-refractivity contribution < 1.29 is 13.9 Å². The van der Waals surface area contributed by atoms with Gasteiger partial charge in [-0.25, -0.2) is 4.39 Å². The molecule has 2 aromatic carbocycles. The molecule has 1 aromatic heterocycles. The van der Waals surface area contributed by atoms with Crippen LogP contribution in [-0.2, 0) is 6.54 Å². The molecule has 1 amide bonds. The van der Waals surface area contributed by atoms with E-state index >= 15 is 0 Å². The van der Waals surface area contributed by atoms with E-state index in [9.17, 15) is 9.18 Å². The summed E-state index contributed by atoms with van der Waals surface area (Å²) >= 11 is 3.40. The number of fused-ring (bicyclic) bond motifs is 1. The normalized spacial score (nSPS) is 10.7. The third-order valence-electron chi connectivity index (χ3n) is 3.50. The largest absolute Gasteiger partial charge is 0.494 e. The average Bonchev–Trinajstić information content (AvgIpc) is 2.95. The first-order valence-electron chi connectivity index (χ1n) is 6.95. The van der Waals surface area contributed by atoms with E-state index in [4.69, 9.17) is 4.74 Å². The van der Waals surface area contributed by atoms with E-state index in [0.717, 1.165) is 15.4 Å². The molecule has 0 aliphatic heterocycles. The van der Waals surface area contributed by atoms with Crippen LogP contribution in [0, 0.1) is 5.82 Å². The molecule has 118 valence electrons. The van der Waals surface area contributed by atoms with E-state index in [2.05, 4.69) is 26.2 Å². The molecule has 0 spiro atoms. The van der Waals surface area contributed by atoms with Crippen LogP contribution in [0.2, 0.25) is 0 Å². The van der Waals surface area contributed by atoms with Gasteiger partial charge in [-0.2, -0.15) is 0 Å². The van der Waals surface area contributed by atoms with Crippen molar-refractivity contribution in [2.24, 2.45) is 0 Å². The third kappa shape index (κ3) is 3.37. The number of H-pyrrole nitrogens is 1. The van der Waals surface area contributed by atoms with Crippen LogP contribution < -0.4 is 10.1 Å². The number of carbonyl (C=O) groups is 1. The number of rotatable bonds is 4. The van der Waals surface area contributed by atoms with Crippen molar-refractivity contribution in [2.45, 2.75) is 6.54 Å². The monoisotopic (exact) mass is 376 g/mol. The fourth-order valence-electron chi connectivity index (χ4n) is 2.32. The Morgan fingerprint density at radius 1 is 1.26 bits per heavy atom. The molecule has 1 heterocycles. The van der Waals surface area contributed by atoms with Crippen molar-refractivity contribution in [3.05, 3.63) is 64.0 Å². The van der Waals surface area contributed by atoms with Crippen molar-refractivity contribution >= 4 is 32.7 Å². The van der Waals surface area contributed by atoms with Gasteiger partial charge in [0.05, 0.1) is 7.11 Å². The zero-order chi connectivity index (χ0) is 16.4. The van der Waals surface area contributed by atoms with Gasteiger partial charge in [0.1, 0.15) is 5.69 Å². The number of halogens is 2. The number of hydrogen-bond acceptors (Lipinski definition) is 2. The van der Waals surface area contributed by atoms with Gasteiger partial charge in [0.2, 0.25) is 0 Å². The molecule has 23 heavy (non-hydrogen) atoms. The SMILES string of the molecule is COc1ccc(CNC(=O)c2cc3cc(Br)ccc3[nH]2)cc1F. The maximum absolute atomic E-state index is 13.6. The van der Waals surface area contributed by atoms with Crippen LogP contribution in [0.1, 0.15) is 16.1 Å². The minimum atomic E-state index is -0.449. The fraction of sp³-hybridized carbons (Fsp3) is 0.118. The number of nitrogens with one attached hydrogen (secondary N) is 2. The van der Waals surface area contributed by atoms with Gasteiger partial charge in [0.25, 0.3) is 5.91 Å². The molecule has 0 aliphatic rings. The summed E-state index contributed by atoms with van der Waals surface area (Å²) in [6.45, 7) is 0.235. The lowest BCUT2D eigenvalue weighted by Crippen LogP contribution is -2.23. The van der Waals surface area contributed by atoms with E-state index < -0.39 is 5.82 Å². The van der Waals surface area contributed by atoms with Crippen molar-refractivity contribution in [2.75, 3.05) is 7.11 Å². The van der Waals surface area contributed by atoms with E-state index in [1.165, 1.54) is 19.2 Å². The highest BCUT2D eigenvalue weighted by molar-refractivity contribution is 9.10. The molecule has 0 saturated carbocycles. The molecule has 0 radical (unpaired) electrons. The number of ether oxygens (including phenoxy) is 1. The lowest BCUT2D eigenvalue weighted by atomic mass is 10.2. The number of aromatic nitrogens is 1. The topological polar surface area (TPSA) is 54.1 Å². The van der Waals surface area contributed by atoms with Crippen LogP contribution in [0.3, 0.4) is 0 Å². The summed E-state index contributed by atoms with van der Waals surface area (Å²) in [6, 6.07) is 12.1. The van der Waals surface area contributed by atoms with Gasteiger partial charge in [-0.15, -0.1) is 0 Å². The zero-order valence-electron chi connectivity index (χ0n) is 12.3. The van der Waals surface area contributed by atoms with Gasteiger partial charge in [-0.3, -0.25) is 4.79 Å². The summed E-state index contributed by atoms with van der Waals surface area (Å²) < 4.78 is 19.4. The first kappa shape index (κ1) is 15.6. The summed E-state index contributed by atoms with van der Waals surface area (Å²) in [6.07, 6.45) is 0. The summed E-state index contributed by atoms with van der Waals surface area (Å²) in [4.78, 5) is 15.3. The Morgan fingerprint density at radius 3 is 2.83 bits per heavy atom. The Labute approximate surface area is 140 Å². The van der Waals surface area contributed by atoms with E-state index in [-0.39, 0.29) is 18.2 Å². The van der Waals surface area contributed by atoms with Gasteiger partial charge in [-0.05, 0) is 42.0 Å². The third-order valence-corrected chi connectivity index (χ3v) is 3.99. The molecule has 0 saturated heterocycles. The molecular weight excluding hydrogens is 363 g/mol. The summed E-state index contributed by atoms with van der Waals surface area (Å²) in [5.41, 5.74) is 2.01. The van der Waals surface area contributed by atoms with Gasteiger partial charge >= 0.3 is 0 Å². The highest BCUT2D eigenvalue weighted by Gasteiger charge is 2.10. The van der Waals surface area contributed by atoms with Crippen molar-refractivity contribution in [1.82, 2.24) is 10.3 Å². The van der Waals surface area contributed by atoms with E-state index in [1.807, 2.05) is 18.2 Å². The van der Waals surface area contributed by atoms with Crippen molar-refractivity contribution in [1.29, 1.82) is 0 Å². The second-order valence-electron chi connectivity index (χ2n) is 5.07. The Bertz CT molecular complexity index is 876. The zero-order valence-corrected chi connectivity index (χ0v) is 13.9.